The van der Waals surface area contributed by atoms with Crippen LogP contribution in [0.25, 0.3) is 0 Å². The Balaban J connectivity index is 2.56. The van der Waals surface area contributed by atoms with Crippen LogP contribution < -0.4 is 5.32 Å². The Labute approximate surface area is 97.8 Å². The third-order valence-electron chi connectivity index (χ3n) is 1.60. The smallest absolute Gasteiger partial charge is 0.411 e. The lowest BCUT2D eigenvalue weighted by Crippen LogP contribution is -2.17. The summed E-state index contributed by atoms with van der Waals surface area (Å²) in [5.41, 5.74) is -0.0573. The Kier molecular flexibility index (Phi) is 4.49. The molecule has 1 heterocycles. The third-order valence-corrected chi connectivity index (χ3v) is 1.81. The molecule has 0 aromatic carbocycles. The highest BCUT2D eigenvalue weighted by molar-refractivity contribution is 6.29. The molecule has 1 rings (SSSR count). The summed E-state index contributed by atoms with van der Waals surface area (Å²) in [6.07, 6.45) is 0.422. The molecule has 0 aliphatic rings. The molecule has 0 aliphatic heterocycles. The third kappa shape index (κ3) is 4.02. The molecule has 0 saturated carbocycles. The number of aromatic nitrogens is 1. The molecule has 0 aliphatic carbocycles. The molecule has 1 aromatic rings. The number of amides is 1. The van der Waals surface area contributed by atoms with Crippen LogP contribution in [0, 0.1) is 11.7 Å². The SMILES string of the molecule is CC(C)COC(=O)Nc1cnc(Cl)cc1F. The lowest BCUT2D eigenvalue weighted by atomic mass is 10.2. The van der Waals surface area contributed by atoms with E-state index in [1.807, 2.05) is 13.8 Å². The van der Waals surface area contributed by atoms with Gasteiger partial charge in [0.2, 0.25) is 0 Å². The number of ether oxygens (including phenoxy) is 1. The van der Waals surface area contributed by atoms with Crippen molar-refractivity contribution in [2.24, 2.45) is 5.92 Å². The summed E-state index contributed by atoms with van der Waals surface area (Å²) in [6, 6.07) is 1.01. The minimum absolute atomic E-state index is 0.0265. The van der Waals surface area contributed by atoms with E-state index in [1.165, 1.54) is 0 Å². The summed E-state index contributed by atoms with van der Waals surface area (Å²) in [5.74, 6) is -0.430. The second-order valence-electron chi connectivity index (χ2n) is 3.60. The molecule has 1 aromatic heterocycles. The largest absolute Gasteiger partial charge is 0.449 e. The molecule has 0 radical (unpaired) electrons. The van der Waals surface area contributed by atoms with E-state index in [9.17, 15) is 9.18 Å². The molecule has 0 atom stereocenters. The highest BCUT2D eigenvalue weighted by Gasteiger charge is 2.09. The van der Waals surface area contributed by atoms with Gasteiger partial charge in [-0.25, -0.2) is 14.2 Å². The van der Waals surface area contributed by atoms with Crippen LogP contribution in [0.2, 0.25) is 5.15 Å². The number of nitrogens with zero attached hydrogens (tertiary/aromatic N) is 1. The van der Waals surface area contributed by atoms with E-state index < -0.39 is 11.9 Å². The van der Waals surface area contributed by atoms with Gasteiger partial charge in [0.1, 0.15) is 5.15 Å². The summed E-state index contributed by atoms with van der Waals surface area (Å²) in [6.45, 7) is 4.07. The Morgan fingerprint density at radius 3 is 2.94 bits per heavy atom. The maximum Gasteiger partial charge on any atom is 0.411 e. The van der Waals surface area contributed by atoms with E-state index in [0.29, 0.717) is 0 Å². The maximum atomic E-state index is 13.2. The van der Waals surface area contributed by atoms with Gasteiger partial charge in [-0.3, -0.25) is 5.32 Å². The summed E-state index contributed by atoms with van der Waals surface area (Å²) in [4.78, 5) is 14.8. The number of rotatable bonds is 3. The first-order valence-electron chi connectivity index (χ1n) is 4.74. The van der Waals surface area contributed by atoms with E-state index in [1.54, 1.807) is 0 Å². The van der Waals surface area contributed by atoms with Crippen LogP contribution in [0.1, 0.15) is 13.8 Å². The van der Waals surface area contributed by atoms with Crippen LogP contribution in [-0.2, 0) is 4.74 Å². The molecule has 0 saturated heterocycles. The molecule has 6 heteroatoms. The lowest BCUT2D eigenvalue weighted by molar-refractivity contribution is 0.147. The van der Waals surface area contributed by atoms with Gasteiger partial charge >= 0.3 is 6.09 Å². The Hall–Kier alpha value is -1.36. The summed E-state index contributed by atoms with van der Waals surface area (Å²) in [7, 11) is 0. The molecule has 0 spiro atoms. The second-order valence-corrected chi connectivity index (χ2v) is 3.99. The van der Waals surface area contributed by atoms with Crippen LogP contribution >= 0.6 is 11.6 Å². The summed E-state index contributed by atoms with van der Waals surface area (Å²) < 4.78 is 18.0. The van der Waals surface area contributed by atoms with Gasteiger partial charge in [-0.2, -0.15) is 0 Å². The molecule has 4 nitrogen and oxygen atoms in total. The van der Waals surface area contributed by atoms with Gasteiger partial charge in [-0.15, -0.1) is 0 Å². The Bertz CT molecular complexity index is 385. The predicted octanol–water partition coefficient (Wildman–Crippen LogP) is 3.08. The zero-order valence-electron chi connectivity index (χ0n) is 8.96. The molecular formula is C10H12ClFN2O2. The molecule has 1 N–H and O–H groups in total. The average Bonchev–Trinajstić information content (AvgIpc) is 2.19. The number of anilines is 1. The van der Waals surface area contributed by atoms with Gasteiger partial charge in [-0.1, -0.05) is 25.4 Å². The van der Waals surface area contributed by atoms with E-state index in [0.717, 1.165) is 12.3 Å². The van der Waals surface area contributed by atoms with Gasteiger partial charge in [0.25, 0.3) is 0 Å². The van der Waals surface area contributed by atoms with Gasteiger partial charge in [0, 0.05) is 6.07 Å². The van der Waals surface area contributed by atoms with Crippen molar-refractivity contribution in [1.82, 2.24) is 4.98 Å². The Morgan fingerprint density at radius 2 is 2.38 bits per heavy atom. The first-order valence-corrected chi connectivity index (χ1v) is 5.11. The number of nitrogens with one attached hydrogen (secondary N) is 1. The van der Waals surface area contributed by atoms with Crippen LogP contribution in [0.3, 0.4) is 0 Å². The van der Waals surface area contributed by atoms with E-state index in [-0.39, 0.29) is 23.4 Å². The fourth-order valence-electron chi connectivity index (χ4n) is 0.888. The van der Waals surface area contributed by atoms with E-state index in [2.05, 4.69) is 10.3 Å². The van der Waals surface area contributed by atoms with Crippen molar-refractivity contribution < 1.29 is 13.9 Å². The fraction of sp³-hybridized carbons (Fsp3) is 0.400. The van der Waals surface area contributed by atoms with E-state index >= 15 is 0 Å². The predicted molar refractivity (Wildman–Crippen MR) is 59.0 cm³/mol. The van der Waals surface area contributed by atoms with Gasteiger partial charge in [-0.05, 0) is 5.92 Å². The van der Waals surface area contributed by atoms with Gasteiger partial charge in [0.05, 0.1) is 18.5 Å². The van der Waals surface area contributed by atoms with Crippen LogP contribution in [0.4, 0.5) is 14.9 Å². The number of pyridine rings is 1. The lowest BCUT2D eigenvalue weighted by Gasteiger charge is -2.08. The maximum absolute atomic E-state index is 13.2. The molecule has 88 valence electrons. The minimum atomic E-state index is -0.711. The number of halogens is 2. The number of hydrogen-bond acceptors (Lipinski definition) is 3. The van der Waals surface area contributed by atoms with Crippen molar-refractivity contribution in [3.63, 3.8) is 0 Å². The number of carbonyl (C=O) groups excluding carboxylic acids is 1. The normalized spacial score (nSPS) is 10.3. The molecular weight excluding hydrogens is 235 g/mol. The first kappa shape index (κ1) is 12.7. The zero-order valence-corrected chi connectivity index (χ0v) is 9.71. The average molecular weight is 247 g/mol. The highest BCUT2D eigenvalue weighted by Crippen LogP contribution is 2.16. The van der Waals surface area contributed by atoms with Crippen molar-refractivity contribution in [3.8, 4) is 0 Å². The molecule has 0 unspecified atom stereocenters. The van der Waals surface area contributed by atoms with Crippen molar-refractivity contribution >= 4 is 23.4 Å². The number of hydrogen-bond donors (Lipinski definition) is 1. The van der Waals surface area contributed by atoms with E-state index in [4.69, 9.17) is 16.3 Å². The molecule has 16 heavy (non-hydrogen) atoms. The monoisotopic (exact) mass is 246 g/mol. The van der Waals surface area contributed by atoms with Crippen LogP contribution in [0.15, 0.2) is 12.3 Å². The topological polar surface area (TPSA) is 51.2 Å². The van der Waals surface area contributed by atoms with Crippen molar-refractivity contribution in [2.75, 3.05) is 11.9 Å². The van der Waals surface area contributed by atoms with Gasteiger partial charge in [0.15, 0.2) is 5.82 Å². The van der Waals surface area contributed by atoms with Gasteiger partial charge < -0.3 is 4.74 Å². The summed E-state index contributed by atoms with van der Waals surface area (Å²) in [5, 5.41) is 2.26. The quantitative estimate of drug-likeness (QED) is 0.834. The van der Waals surface area contributed by atoms with Crippen LogP contribution in [0.5, 0.6) is 0 Å². The second kappa shape index (κ2) is 5.65. The van der Waals surface area contributed by atoms with Crippen molar-refractivity contribution in [1.29, 1.82) is 0 Å². The zero-order chi connectivity index (χ0) is 12.1. The summed E-state index contributed by atoms with van der Waals surface area (Å²) >= 11 is 5.46. The van der Waals surface area contributed by atoms with Crippen LogP contribution in [-0.4, -0.2) is 17.7 Å². The first-order chi connectivity index (χ1) is 7.49. The fourth-order valence-corrected chi connectivity index (χ4v) is 1.03. The molecule has 0 fully saturated rings. The molecule has 1 amide bonds. The Morgan fingerprint density at radius 1 is 1.69 bits per heavy atom. The highest BCUT2D eigenvalue weighted by atomic mass is 35.5. The van der Waals surface area contributed by atoms with Crippen molar-refractivity contribution in [2.45, 2.75) is 13.8 Å². The standard InChI is InChI=1S/C10H12ClFN2O2/c1-6(2)5-16-10(15)14-8-4-13-9(11)3-7(8)12/h3-4,6H,5H2,1-2H3,(H,14,15). The number of carbonyl (C=O) groups is 1. The molecule has 0 bridgehead atoms. The van der Waals surface area contributed by atoms with Crippen molar-refractivity contribution in [3.05, 3.63) is 23.2 Å². The minimum Gasteiger partial charge on any atom is -0.449 e.